The fraction of sp³-hybridized carbons (Fsp3) is 0. The van der Waals surface area contributed by atoms with Crippen molar-refractivity contribution in [2.75, 3.05) is 0 Å². The van der Waals surface area contributed by atoms with E-state index in [1.165, 1.54) is 6.26 Å². The fourth-order valence-corrected chi connectivity index (χ4v) is 3.44. The Hall–Kier alpha value is -4.19. The zero-order valence-corrected chi connectivity index (χ0v) is 15.2. The zero-order valence-electron chi connectivity index (χ0n) is 15.2. The van der Waals surface area contributed by atoms with Crippen LogP contribution in [0.4, 0.5) is 0 Å². The first-order valence-corrected chi connectivity index (χ1v) is 9.07. The number of H-pyrrole nitrogens is 2. The largest absolute Gasteiger partial charge is 0.461 e. The molecule has 5 aromatic rings. The lowest BCUT2D eigenvalue weighted by molar-refractivity contribution is 0.103. The second-order valence-corrected chi connectivity index (χ2v) is 6.55. The summed E-state index contributed by atoms with van der Waals surface area (Å²) in [6.45, 7) is 0. The Bertz CT molecular complexity index is 1370. The molecular weight excluding hydrogens is 366 g/mol. The van der Waals surface area contributed by atoms with Crippen LogP contribution in [0, 0.1) is 0 Å². The second kappa shape index (κ2) is 6.76. The highest BCUT2D eigenvalue weighted by Gasteiger charge is 2.23. The van der Waals surface area contributed by atoms with Gasteiger partial charge < -0.3 is 14.4 Å². The predicted molar refractivity (Wildman–Crippen MR) is 110 cm³/mol. The Morgan fingerprint density at radius 2 is 1.59 bits per heavy atom. The van der Waals surface area contributed by atoms with Gasteiger partial charge in [0.05, 0.1) is 17.3 Å². The SMILES string of the molecule is O=C(c1ccccc1)c1[nH]c2[nH]c(-c3ccco3)nc(=O)c2c1-c1ccccc1. The molecule has 0 saturated carbocycles. The molecule has 0 aliphatic carbocycles. The molecule has 0 radical (unpaired) electrons. The molecule has 6 nitrogen and oxygen atoms in total. The minimum Gasteiger partial charge on any atom is -0.461 e. The molecule has 5 rings (SSSR count). The molecule has 0 amide bonds. The van der Waals surface area contributed by atoms with Gasteiger partial charge in [0.25, 0.3) is 5.56 Å². The number of carbonyl (C=O) groups excluding carboxylic acids is 1. The van der Waals surface area contributed by atoms with Gasteiger partial charge in [-0.25, -0.2) is 0 Å². The molecular formula is C23H15N3O3. The number of fused-ring (bicyclic) bond motifs is 1. The van der Waals surface area contributed by atoms with E-state index in [1.807, 2.05) is 36.4 Å². The lowest BCUT2D eigenvalue weighted by Crippen LogP contribution is -2.09. The first-order chi connectivity index (χ1) is 14.2. The molecule has 0 bridgehead atoms. The highest BCUT2D eigenvalue weighted by molar-refractivity contribution is 6.16. The number of hydrogen-bond donors (Lipinski definition) is 2. The average molecular weight is 381 g/mol. The Morgan fingerprint density at radius 1 is 0.862 bits per heavy atom. The quantitative estimate of drug-likeness (QED) is 0.451. The summed E-state index contributed by atoms with van der Waals surface area (Å²) in [5.41, 5.74) is 2.15. The summed E-state index contributed by atoms with van der Waals surface area (Å²) in [6.07, 6.45) is 1.51. The number of benzene rings is 2. The first-order valence-electron chi connectivity index (χ1n) is 9.07. The van der Waals surface area contributed by atoms with Crippen molar-refractivity contribution in [2.24, 2.45) is 0 Å². The topological polar surface area (TPSA) is 91.8 Å². The van der Waals surface area contributed by atoms with Gasteiger partial charge in [0.1, 0.15) is 5.65 Å². The Morgan fingerprint density at radius 3 is 2.28 bits per heavy atom. The number of nitrogens with zero attached hydrogens (tertiary/aromatic N) is 1. The van der Waals surface area contributed by atoms with Crippen LogP contribution < -0.4 is 5.56 Å². The maximum Gasteiger partial charge on any atom is 0.283 e. The molecule has 140 valence electrons. The molecule has 3 aromatic heterocycles. The van der Waals surface area contributed by atoms with Crippen LogP contribution in [0.3, 0.4) is 0 Å². The van der Waals surface area contributed by atoms with Crippen LogP contribution in [-0.2, 0) is 0 Å². The summed E-state index contributed by atoms with van der Waals surface area (Å²) >= 11 is 0. The van der Waals surface area contributed by atoms with Gasteiger partial charge in [0.15, 0.2) is 11.6 Å². The van der Waals surface area contributed by atoms with E-state index in [-0.39, 0.29) is 5.78 Å². The Labute approximate surface area is 164 Å². The van der Waals surface area contributed by atoms with Crippen LogP contribution in [0.1, 0.15) is 16.1 Å². The number of aromatic nitrogens is 3. The molecule has 0 aliphatic rings. The van der Waals surface area contributed by atoms with E-state index in [0.717, 1.165) is 5.56 Å². The van der Waals surface area contributed by atoms with Gasteiger partial charge in [-0.05, 0) is 17.7 Å². The van der Waals surface area contributed by atoms with E-state index >= 15 is 0 Å². The van der Waals surface area contributed by atoms with E-state index in [2.05, 4.69) is 15.0 Å². The normalized spacial score (nSPS) is 11.0. The number of carbonyl (C=O) groups is 1. The van der Waals surface area contributed by atoms with Crippen molar-refractivity contribution in [3.8, 4) is 22.7 Å². The molecule has 0 saturated heterocycles. The third-order valence-corrected chi connectivity index (χ3v) is 4.75. The first kappa shape index (κ1) is 16.9. The lowest BCUT2D eigenvalue weighted by atomic mass is 9.98. The molecule has 6 heteroatoms. The fourth-order valence-electron chi connectivity index (χ4n) is 3.44. The number of nitrogens with one attached hydrogen (secondary N) is 2. The molecule has 0 spiro atoms. The van der Waals surface area contributed by atoms with Crippen molar-refractivity contribution in [3.05, 3.63) is 101 Å². The monoisotopic (exact) mass is 381 g/mol. The Kier molecular flexibility index (Phi) is 3.95. The van der Waals surface area contributed by atoms with Crippen molar-refractivity contribution in [2.45, 2.75) is 0 Å². The summed E-state index contributed by atoms with van der Waals surface area (Å²) in [5, 5.41) is 0.339. The van der Waals surface area contributed by atoms with Crippen molar-refractivity contribution < 1.29 is 9.21 Å². The van der Waals surface area contributed by atoms with Crippen LogP contribution >= 0.6 is 0 Å². The van der Waals surface area contributed by atoms with Gasteiger partial charge in [0.2, 0.25) is 5.78 Å². The molecule has 0 unspecified atom stereocenters. The maximum absolute atomic E-state index is 13.2. The second-order valence-electron chi connectivity index (χ2n) is 6.55. The Balaban J connectivity index is 1.81. The third-order valence-electron chi connectivity index (χ3n) is 4.75. The molecule has 0 fully saturated rings. The molecule has 0 aliphatic heterocycles. The molecule has 2 N–H and O–H groups in total. The minimum absolute atomic E-state index is 0.201. The van der Waals surface area contributed by atoms with E-state index in [1.54, 1.807) is 36.4 Å². The number of rotatable bonds is 4. The standard InChI is InChI=1S/C23H15N3O3/c27-20(15-10-5-2-6-11-15)19-17(14-8-3-1-4-9-14)18-22(24-19)25-21(26-23(18)28)16-12-7-13-29-16/h1-13H,(H2,24,25,26,28). The molecule has 29 heavy (non-hydrogen) atoms. The van der Waals surface area contributed by atoms with Crippen LogP contribution in [0.5, 0.6) is 0 Å². The van der Waals surface area contributed by atoms with Crippen LogP contribution in [-0.4, -0.2) is 20.7 Å². The third kappa shape index (κ3) is 2.87. The number of aromatic amines is 2. The van der Waals surface area contributed by atoms with E-state index < -0.39 is 5.56 Å². The van der Waals surface area contributed by atoms with E-state index in [0.29, 0.717) is 39.4 Å². The van der Waals surface area contributed by atoms with Crippen molar-refractivity contribution >= 4 is 16.8 Å². The zero-order chi connectivity index (χ0) is 19.8. The molecule has 0 atom stereocenters. The lowest BCUT2D eigenvalue weighted by Gasteiger charge is -2.04. The highest BCUT2D eigenvalue weighted by atomic mass is 16.3. The summed E-state index contributed by atoms with van der Waals surface area (Å²) < 4.78 is 5.35. The summed E-state index contributed by atoms with van der Waals surface area (Å²) in [4.78, 5) is 36.6. The van der Waals surface area contributed by atoms with Crippen molar-refractivity contribution in [3.63, 3.8) is 0 Å². The summed E-state index contributed by atoms with van der Waals surface area (Å²) in [6, 6.07) is 21.7. The van der Waals surface area contributed by atoms with Crippen molar-refractivity contribution in [1.29, 1.82) is 0 Å². The van der Waals surface area contributed by atoms with Gasteiger partial charge >= 0.3 is 0 Å². The van der Waals surface area contributed by atoms with E-state index in [9.17, 15) is 9.59 Å². The molecule has 3 heterocycles. The van der Waals surface area contributed by atoms with Crippen LogP contribution in [0.25, 0.3) is 33.7 Å². The van der Waals surface area contributed by atoms with Crippen molar-refractivity contribution in [1.82, 2.24) is 15.0 Å². The summed E-state index contributed by atoms with van der Waals surface area (Å²) in [7, 11) is 0. The van der Waals surface area contributed by atoms with Gasteiger partial charge in [-0.15, -0.1) is 0 Å². The number of furan rings is 1. The smallest absolute Gasteiger partial charge is 0.283 e. The maximum atomic E-state index is 13.2. The summed E-state index contributed by atoms with van der Waals surface area (Å²) in [5.74, 6) is 0.538. The van der Waals surface area contributed by atoms with Crippen LogP contribution in [0.2, 0.25) is 0 Å². The minimum atomic E-state index is -0.438. The average Bonchev–Trinajstić information content (AvgIpc) is 3.43. The van der Waals surface area contributed by atoms with Gasteiger partial charge in [0, 0.05) is 11.1 Å². The van der Waals surface area contributed by atoms with Gasteiger partial charge in [-0.3, -0.25) is 9.59 Å². The van der Waals surface area contributed by atoms with Gasteiger partial charge in [-0.2, -0.15) is 4.98 Å². The van der Waals surface area contributed by atoms with Crippen LogP contribution in [0.15, 0.2) is 88.3 Å². The van der Waals surface area contributed by atoms with Gasteiger partial charge in [-0.1, -0.05) is 60.7 Å². The number of ketones is 1. The highest BCUT2D eigenvalue weighted by Crippen LogP contribution is 2.32. The number of hydrogen-bond acceptors (Lipinski definition) is 4. The predicted octanol–water partition coefficient (Wildman–Crippen LogP) is 4.41. The molecule has 2 aromatic carbocycles. The van der Waals surface area contributed by atoms with E-state index in [4.69, 9.17) is 4.42 Å².